The second kappa shape index (κ2) is 11.1. The Morgan fingerprint density at radius 1 is 0.944 bits per heavy atom. The van der Waals surface area contributed by atoms with Gasteiger partial charge in [-0.05, 0) is 12.3 Å². The van der Waals surface area contributed by atoms with Crippen molar-refractivity contribution in [2.45, 2.75) is 59.3 Å². The van der Waals surface area contributed by atoms with E-state index in [1.165, 1.54) is 0 Å². The average Bonchev–Trinajstić information content (AvgIpc) is 2.36. The van der Waals surface area contributed by atoms with Crippen molar-refractivity contribution in [2.24, 2.45) is 5.92 Å². The molecule has 0 fully saturated rings. The molecule has 0 aliphatic carbocycles. The number of carbonyl (C=O) groups excluding carboxylic acids is 2. The summed E-state index contributed by atoms with van der Waals surface area (Å²) in [7, 11) is 0. The maximum atomic E-state index is 11.4. The third-order valence-corrected chi connectivity index (χ3v) is 2.93. The van der Waals surface area contributed by atoms with E-state index in [0.29, 0.717) is 19.1 Å². The second-order valence-electron chi connectivity index (χ2n) is 4.47. The number of hydrogen-bond acceptors (Lipinski definition) is 4. The van der Waals surface area contributed by atoms with Crippen LogP contribution >= 0.6 is 0 Å². The Morgan fingerprint density at radius 2 is 1.56 bits per heavy atom. The summed E-state index contributed by atoms with van der Waals surface area (Å²) in [6, 6.07) is 0. The first-order valence-electron chi connectivity index (χ1n) is 6.95. The molecule has 0 aromatic carbocycles. The van der Waals surface area contributed by atoms with Crippen LogP contribution in [0.5, 0.6) is 0 Å². The maximum absolute atomic E-state index is 11.4. The molecule has 0 heterocycles. The molecule has 0 aromatic rings. The number of unbranched alkanes of at least 4 members (excludes halogenated alkanes) is 2. The van der Waals surface area contributed by atoms with Crippen LogP contribution in [0.3, 0.4) is 0 Å². The van der Waals surface area contributed by atoms with Crippen molar-refractivity contribution >= 4 is 11.9 Å². The lowest BCUT2D eigenvalue weighted by Gasteiger charge is -2.12. The Balaban J connectivity index is 3.64. The quantitative estimate of drug-likeness (QED) is 0.343. The molecule has 0 amide bonds. The normalized spacial score (nSPS) is 10.4. The zero-order chi connectivity index (χ0) is 13.8. The van der Waals surface area contributed by atoms with Crippen LogP contribution in [0.15, 0.2) is 0 Å². The van der Waals surface area contributed by atoms with Gasteiger partial charge in [0.2, 0.25) is 0 Å². The van der Waals surface area contributed by atoms with Crippen molar-refractivity contribution in [3.8, 4) is 0 Å². The van der Waals surface area contributed by atoms with E-state index >= 15 is 0 Å². The van der Waals surface area contributed by atoms with Crippen LogP contribution in [-0.2, 0) is 19.1 Å². The fraction of sp³-hybridized carbons (Fsp3) is 0.857. The van der Waals surface area contributed by atoms with Gasteiger partial charge in [-0.3, -0.25) is 9.59 Å². The van der Waals surface area contributed by atoms with Gasteiger partial charge in [-0.2, -0.15) is 0 Å². The van der Waals surface area contributed by atoms with Gasteiger partial charge in [0.25, 0.3) is 0 Å². The van der Waals surface area contributed by atoms with Gasteiger partial charge in [-0.1, -0.05) is 46.5 Å². The molecular formula is C14H26O4. The molecule has 4 heteroatoms. The lowest BCUT2D eigenvalue weighted by Crippen LogP contribution is -2.17. The summed E-state index contributed by atoms with van der Waals surface area (Å²) in [5.74, 6) is -0.586. The van der Waals surface area contributed by atoms with Gasteiger partial charge < -0.3 is 9.47 Å². The summed E-state index contributed by atoms with van der Waals surface area (Å²) in [5.41, 5.74) is 0. The minimum atomic E-state index is -0.486. The minimum absolute atomic E-state index is 0.272. The van der Waals surface area contributed by atoms with Crippen molar-refractivity contribution in [1.82, 2.24) is 0 Å². The van der Waals surface area contributed by atoms with Crippen molar-refractivity contribution < 1.29 is 19.1 Å². The molecule has 0 atom stereocenters. The average molecular weight is 258 g/mol. The van der Waals surface area contributed by atoms with Crippen molar-refractivity contribution in [3.05, 3.63) is 0 Å². The molecule has 0 unspecified atom stereocenters. The van der Waals surface area contributed by atoms with Crippen LogP contribution in [0.2, 0.25) is 0 Å². The van der Waals surface area contributed by atoms with Crippen LogP contribution in [0, 0.1) is 5.92 Å². The van der Waals surface area contributed by atoms with Gasteiger partial charge in [0.05, 0.1) is 13.2 Å². The summed E-state index contributed by atoms with van der Waals surface area (Å²) < 4.78 is 9.98. The monoisotopic (exact) mass is 258 g/mol. The van der Waals surface area contributed by atoms with E-state index in [-0.39, 0.29) is 6.42 Å². The SMILES string of the molecule is CCCCCOC(=O)CC(=O)OCC(CC)CC. The highest BCUT2D eigenvalue weighted by molar-refractivity contribution is 5.91. The van der Waals surface area contributed by atoms with E-state index in [4.69, 9.17) is 9.47 Å². The molecule has 0 N–H and O–H groups in total. The van der Waals surface area contributed by atoms with Crippen LogP contribution in [-0.4, -0.2) is 25.2 Å². The number of carbonyl (C=O) groups is 2. The summed E-state index contributed by atoms with van der Waals surface area (Å²) in [4.78, 5) is 22.6. The van der Waals surface area contributed by atoms with Crippen molar-refractivity contribution in [2.75, 3.05) is 13.2 Å². The van der Waals surface area contributed by atoms with Crippen molar-refractivity contribution in [3.63, 3.8) is 0 Å². The smallest absolute Gasteiger partial charge is 0.317 e. The van der Waals surface area contributed by atoms with E-state index in [0.717, 1.165) is 32.1 Å². The Kier molecular flexibility index (Phi) is 10.4. The summed E-state index contributed by atoms with van der Waals surface area (Å²) in [6.07, 6.45) is 4.65. The van der Waals surface area contributed by atoms with Crippen LogP contribution in [0.25, 0.3) is 0 Å². The lowest BCUT2D eigenvalue weighted by molar-refractivity contribution is -0.155. The van der Waals surface area contributed by atoms with E-state index in [9.17, 15) is 9.59 Å². The van der Waals surface area contributed by atoms with Gasteiger partial charge in [0.15, 0.2) is 0 Å². The molecule has 0 radical (unpaired) electrons. The van der Waals surface area contributed by atoms with Crippen LogP contribution < -0.4 is 0 Å². The van der Waals surface area contributed by atoms with Crippen molar-refractivity contribution in [1.29, 1.82) is 0 Å². The zero-order valence-electron chi connectivity index (χ0n) is 11.9. The fourth-order valence-electron chi connectivity index (χ4n) is 1.49. The molecule has 0 aliphatic heterocycles. The highest BCUT2D eigenvalue weighted by Crippen LogP contribution is 2.08. The van der Waals surface area contributed by atoms with E-state index in [1.807, 2.05) is 0 Å². The summed E-state index contributed by atoms with van der Waals surface area (Å²) in [5, 5.41) is 0. The Labute approximate surface area is 110 Å². The highest BCUT2D eigenvalue weighted by atomic mass is 16.6. The molecule has 0 rings (SSSR count). The molecule has 0 aliphatic rings. The third kappa shape index (κ3) is 9.02. The topological polar surface area (TPSA) is 52.6 Å². The van der Waals surface area contributed by atoms with E-state index in [2.05, 4.69) is 20.8 Å². The first-order valence-corrected chi connectivity index (χ1v) is 6.95. The predicted molar refractivity (Wildman–Crippen MR) is 70.1 cm³/mol. The standard InChI is InChI=1S/C14H26O4/c1-4-7-8-9-17-13(15)10-14(16)18-11-12(5-2)6-3/h12H,4-11H2,1-3H3. The lowest BCUT2D eigenvalue weighted by atomic mass is 10.1. The van der Waals surface area contributed by atoms with E-state index in [1.54, 1.807) is 0 Å². The predicted octanol–water partition coefficient (Wildman–Crippen LogP) is 3.09. The molecule has 18 heavy (non-hydrogen) atoms. The molecule has 0 spiro atoms. The Hall–Kier alpha value is -1.06. The number of rotatable bonds is 10. The minimum Gasteiger partial charge on any atom is -0.465 e. The molecule has 4 nitrogen and oxygen atoms in total. The molecule has 0 saturated heterocycles. The van der Waals surface area contributed by atoms with Crippen LogP contribution in [0.4, 0.5) is 0 Å². The van der Waals surface area contributed by atoms with Gasteiger partial charge in [0, 0.05) is 0 Å². The molecule has 0 saturated carbocycles. The van der Waals surface area contributed by atoms with Gasteiger partial charge in [-0.15, -0.1) is 0 Å². The Morgan fingerprint density at radius 3 is 2.11 bits per heavy atom. The summed E-state index contributed by atoms with van der Waals surface area (Å²) >= 11 is 0. The highest BCUT2D eigenvalue weighted by Gasteiger charge is 2.13. The number of hydrogen-bond donors (Lipinski definition) is 0. The second-order valence-corrected chi connectivity index (χ2v) is 4.47. The summed E-state index contributed by atoms with van der Waals surface area (Å²) in [6.45, 7) is 6.99. The maximum Gasteiger partial charge on any atom is 0.317 e. The molecule has 106 valence electrons. The third-order valence-electron chi connectivity index (χ3n) is 2.93. The Bertz CT molecular complexity index is 234. The molecule has 0 bridgehead atoms. The fourth-order valence-corrected chi connectivity index (χ4v) is 1.49. The van der Waals surface area contributed by atoms with Gasteiger partial charge >= 0.3 is 11.9 Å². The zero-order valence-corrected chi connectivity index (χ0v) is 11.9. The molecular weight excluding hydrogens is 232 g/mol. The van der Waals surface area contributed by atoms with Gasteiger partial charge in [-0.25, -0.2) is 0 Å². The largest absolute Gasteiger partial charge is 0.465 e. The van der Waals surface area contributed by atoms with E-state index < -0.39 is 11.9 Å². The first-order chi connectivity index (χ1) is 8.63. The first kappa shape index (κ1) is 16.9. The molecule has 0 aromatic heterocycles. The number of esters is 2. The number of ether oxygens (including phenoxy) is 2. The van der Waals surface area contributed by atoms with Gasteiger partial charge in [0.1, 0.15) is 6.42 Å². The van der Waals surface area contributed by atoms with Crippen LogP contribution in [0.1, 0.15) is 59.3 Å².